The lowest BCUT2D eigenvalue weighted by atomic mass is 9.96. The molecule has 0 radical (unpaired) electrons. The van der Waals surface area contributed by atoms with Gasteiger partial charge in [0.05, 0.1) is 28.9 Å². The molecular weight excluding hydrogens is 373 g/mol. The molecule has 0 saturated heterocycles. The van der Waals surface area contributed by atoms with E-state index in [1.165, 1.54) is 11.0 Å². The van der Waals surface area contributed by atoms with E-state index in [4.69, 9.17) is 5.73 Å². The second-order valence-corrected chi connectivity index (χ2v) is 8.13. The number of nitrogens with zero attached hydrogens (tertiary/aromatic N) is 2. The Labute approximate surface area is 169 Å². The summed E-state index contributed by atoms with van der Waals surface area (Å²) < 4.78 is 16.2. The largest absolute Gasteiger partial charge is 0.384 e. The fourth-order valence-electron chi connectivity index (χ4n) is 3.56. The highest BCUT2D eigenvalue weighted by atomic mass is 32.2. The zero-order valence-electron chi connectivity index (χ0n) is 16.4. The van der Waals surface area contributed by atoms with Crippen LogP contribution in [-0.2, 0) is 18.6 Å². The Morgan fingerprint density at radius 3 is 2.61 bits per heavy atom. The minimum atomic E-state index is -1.15. The van der Waals surface area contributed by atoms with Crippen LogP contribution in [0.2, 0.25) is 0 Å². The van der Waals surface area contributed by atoms with Gasteiger partial charge in [0.15, 0.2) is 0 Å². The van der Waals surface area contributed by atoms with Crippen molar-refractivity contribution >= 4 is 22.8 Å². The van der Waals surface area contributed by atoms with Crippen molar-refractivity contribution in [1.29, 1.82) is 0 Å². The van der Waals surface area contributed by atoms with Gasteiger partial charge in [0, 0.05) is 29.6 Å². The number of aliphatic hydroxyl groups is 1. The summed E-state index contributed by atoms with van der Waals surface area (Å²) in [6, 6.07) is 12.1. The number of hydrogen-bond acceptors (Lipinski definition) is 4. The van der Waals surface area contributed by atoms with Gasteiger partial charge in [0.1, 0.15) is 5.83 Å². The van der Waals surface area contributed by atoms with Crippen LogP contribution in [0.5, 0.6) is 0 Å². The molecule has 4 nitrogen and oxygen atoms in total. The molecule has 0 fully saturated rings. The maximum absolute atomic E-state index is 14.4. The third-order valence-corrected chi connectivity index (χ3v) is 5.43. The van der Waals surface area contributed by atoms with E-state index < -0.39 is 5.60 Å². The molecule has 3 rings (SSSR count). The number of rotatable bonds is 7. The van der Waals surface area contributed by atoms with Crippen LogP contribution in [-0.4, -0.2) is 27.5 Å². The minimum Gasteiger partial charge on any atom is -0.384 e. The number of hydrogen-bond donors (Lipinski definition) is 2. The molecule has 28 heavy (non-hydrogen) atoms. The molecule has 1 aromatic carbocycles. The SMILES string of the molecule is CSc1ccc(Cc2c(C(C)(C)O)n(C/C(F)=C/CN)c3cccnc23)cc1. The lowest BCUT2D eigenvalue weighted by Gasteiger charge is -2.23. The van der Waals surface area contributed by atoms with Crippen LogP contribution in [0.25, 0.3) is 11.0 Å². The number of aromatic nitrogens is 2. The molecule has 3 N–H and O–H groups in total. The zero-order chi connectivity index (χ0) is 20.3. The quantitative estimate of drug-likeness (QED) is 0.579. The highest BCUT2D eigenvalue weighted by molar-refractivity contribution is 7.98. The average molecular weight is 400 g/mol. The molecule has 0 aliphatic heterocycles. The van der Waals surface area contributed by atoms with Gasteiger partial charge in [-0.15, -0.1) is 11.8 Å². The molecule has 0 aliphatic carbocycles. The van der Waals surface area contributed by atoms with E-state index in [-0.39, 0.29) is 18.9 Å². The van der Waals surface area contributed by atoms with Crippen LogP contribution < -0.4 is 5.73 Å². The normalized spacial score (nSPS) is 12.7. The highest BCUT2D eigenvalue weighted by Gasteiger charge is 2.29. The molecule has 148 valence electrons. The van der Waals surface area contributed by atoms with E-state index >= 15 is 0 Å². The Hall–Kier alpha value is -2.15. The van der Waals surface area contributed by atoms with E-state index in [1.807, 2.05) is 23.0 Å². The number of nitrogens with two attached hydrogens (primary N) is 1. The first kappa shape index (κ1) is 20.6. The molecule has 2 aromatic heterocycles. The van der Waals surface area contributed by atoms with E-state index in [9.17, 15) is 9.50 Å². The summed E-state index contributed by atoms with van der Waals surface area (Å²) in [6.45, 7) is 3.60. The summed E-state index contributed by atoms with van der Waals surface area (Å²) in [4.78, 5) is 5.75. The van der Waals surface area contributed by atoms with E-state index in [2.05, 4.69) is 29.2 Å². The smallest absolute Gasteiger partial charge is 0.117 e. The van der Waals surface area contributed by atoms with Crippen molar-refractivity contribution in [3.05, 3.63) is 71.3 Å². The van der Waals surface area contributed by atoms with Crippen molar-refractivity contribution in [2.45, 2.75) is 37.3 Å². The van der Waals surface area contributed by atoms with Gasteiger partial charge in [0.2, 0.25) is 0 Å². The summed E-state index contributed by atoms with van der Waals surface area (Å²) in [5.41, 5.74) is 8.61. The number of pyridine rings is 1. The molecule has 0 saturated carbocycles. The number of benzene rings is 1. The fourth-order valence-corrected chi connectivity index (χ4v) is 3.97. The number of fused-ring (bicyclic) bond motifs is 1. The second kappa shape index (κ2) is 8.47. The maximum Gasteiger partial charge on any atom is 0.117 e. The molecule has 0 aliphatic rings. The van der Waals surface area contributed by atoms with E-state index in [1.54, 1.807) is 31.8 Å². The minimum absolute atomic E-state index is 0.0180. The Bertz CT molecular complexity index is 987. The molecular formula is C22H26FN3OS. The van der Waals surface area contributed by atoms with Gasteiger partial charge in [-0.2, -0.15) is 0 Å². The first-order valence-electron chi connectivity index (χ1n) is 9.21. The van der Waals surface area contributed by atoms with Crippen molar-refractivity contribution in [2.75, 3.05) is 12.8 Å². The Balaban J connectivity index is 2.18. The van der Waals surface area contributed by atoms with Crippen LogP contribution in [0.1, 0.15) is 30.7 Å². The lowest BCUT2D eigenvalue weighted by Crippen LogP contribution is -2.23. The van der Waals surface area contributed by atoms with Crippen LogP contribution in [0, 0.1) is 0 Å². The Morgan fingerprint density at radius 2 is 2.00 bits per heavy atom. The summed E-state index contributed by atoms with van der Waals surface area (Å²) >= 11 is 1.69. The molecule has 0 bridgehead atoms. The summed E-state index contributed by atoms with van der Waals surface area (Å²) in [6.07, 6.45) is 5.74. The lowest BCUT2D eigenvalue weighted by molar-refractivity contribution is 0.0694. The van der Waals surface area contributed by atoms with Crippen molar-refractivity contribution in [3.63, 3.8) is 0 Å². The maximum atomic E-state index is 14.4. The predicted octanol–water partition coefficient (Wildman–Crippen LogP) is 4.39. The molecule has 2 heterocycles. The monoisotopic (exact) mass is 399 g/mol. The predicted molar refractivity (Wildman–Crippen MR) is 114 cm³/mol. The van der Waals surface area contributed by atoms with E-state index in [0.29, 0.717) is 12.1 Å². The third-order valence-electron chi connectivity index (χ3n) is 4.69. The first-order valence-corrected chi connectivity index (χ1v) is 10.4. The van der Waals surface area contributed by atoms with Crippen molar-refractivity contribution in [1.82, 2.24) is 9.55 Å². The van der Waals surface area contributed by atoms with Crippen molar-refractivity contribution in [3.8, 4) is 0 Å². The zero-order valence-corrected chi connectivity index (χ0v) is 17.3. The topological polar surface area (TPSA) is 64.1 Å². The summed E-state index contributed by atoms with van der Waals surface area (Å²) in [5.74, 6) is -0.329. The fraction of sp³-hybridized carbons (Fsp3) is 0.318. The highest BCUT2D eigenvalue weighted by Crippen LogP contribution is 2.35. The van der Waals surface area contributed by atoms with Gasteiger partial charge in [-0.05, 0) is 56.0 Å². The average Bonchev–Trinajstić information content (AvgIpc) is 2.96. The van der Waals surface area contributed by atoms with Gasteiger partial charge in [0.25, 0.3) is 0 Å². The van der Waals surface area contributed by atoms with Gasteiger partial charge < -0.3 is 15.4 Å². The van der Waals surface area contributed by atoms with Crippen LogP contribution in [0.4, 0.5) is 4.39 Å². The number of allylic oxidation sites excluding steroid dienone is 1. The van der Waals surface area contributed by atoms with Crippen molar-refractivity contribution in [2.24, 2.45) is 5.73 Å². The first-order chi connectivity index (χ1) is 13.3. The molecule has 0 unspecified atom stereocenters. The van der Waals surface area contributed by atoms with Crippen LogP contribution in [0.3, 0.4) is 0 Å². The van der Waals surface area contributed by atoms with Crippen LogP contribution >= 0.6 is 11.8 Å². The molecule has 0 atom stereocenters. The molecule has 3 aromatic rings. The Kier molecular flexibility index (Phi) is 6.23. The molecule has 0 spiro atoms. The van der Waals surface area contributed by atoms with Crippen molar-refractivity contribution < 1.29 is 9.50 Å². The van der Waals surface area contributed by atoms with Crippen LogP contribution in [0.15, 0.2) is 59.4 Å². The van der Waals surface area contributed by atoms with E-state index in [0.717, 1.165) is 22.2 Å². The summed E-state index contributed by atoms with van der Waals surface area (Å²) in [5, 5.41) is 10.9. The summed E-state index contributed by atoms with van der Waals surface area (Å²) in [7, 11) is 0. The van der Waals surface area contributed by atoms with Gasteiger partial charge in [-0.3, -0.25) is 4.98 Å². The van der Waals surface area contributed by atoms with Gasteiger partial charge >= 0.3 is 0 Å². The Morgan fingerprint density at radius 1 is 1.29 bits per heavy atom. The number of halogens is 1. The standard InChI is InChI=1S/C22H26FN3OS/c1-22(2,27)21-18(13-15-6-8-17(28-3)9-7-15)20-19(5-4-12-25-20)26(21)14-16(23)10-11-24/h4-10,12,27H,11,13-14,24H2,1-3H3/b16-10-. The van der Waals surface area contributed by atoms with Gasteiger partial charge in [-0.1, -0.05) is 12.1 Å². The number of thioether (sulfide) groups is 1. The van der Waals surface area contributed by atoms with Gasteiger partial charge in [-0.25, -0.2) is 4.39 Å². The molecule has 6 heteroatoms. The molecule has 0 amide bonds. The third kappa shape index (κ3) is 4.29. The second-order valence-electron chi connectivity index (χ2n) is 7.25.